The molecular formula is C15H21NO3. The van der Waals surface area contributed by atoms with Crippen LogP contribution in [0.15, 0.2) is 6.07 Å². The normalized spacial score (nSPS) is 18.6. The molecule has 0 bridgehead atoms. The van der Waals surface area contributed by atoms with Crippen LogP contribution in [-0.4, -0.2) is 29.3 Å². The van der Waals surface area contributed by atoms with Crippen LogP contribution in [0.25, 0.3) is 0 Å². The SMILES string of the molecule is CCOC(=O)c1cc2c(nc1C)C(CO)CCCC2. The molecule has 0 radical (unpaired) electrons. The van der Waals surface area contributed by atoms with E-state index < -0.39 is 0 Å². The number of carbonyl (C=O) groups excluding carboxylic acids is 1. The van der Waals surface area contributed by atoms with Crippen molar-refractivity contribution in [3.8, 4) is 0 Å². The van der Waals surface area contributed by atoms with Crippen LogP contribution in [0.2, 0.25) is 0 Å². The highest BCUT2D eigenvalue weighted by Gasteiger charge is 2.23. The molecule has 0 spiro atoms. The average Bonchev–Trinajstić information content (AvgIpc) is 2.59. The predicted octanol–water partition coefficient (Wildman–Crippen LogP) is 2.37. The first-order valence-corrected chi connectivity index (χ1v) is 6.95. The number of carbonyl (C=O) groups is 1. The fourth-order valence-corrected chi connectivity index (χ4v) is 2.66. The number of esters is 1. The molecule has 0 aromatic carbocycles. The summed E-state index contributed by atoms with van der Waals surface area (Å²) in [7, 11) is 0. The van der Waals surface area contributed by atoms with Crippen molar-refractivity contribution in [3.05, 3.63) is 28.6 Å². The van der Waals surface area contributed by atoms with Gasteiger partial charge in [-0.1, -0.05) is 6.42 Å². The monoisotopic (exact) mass is 263 g/mol. The number of rotatable bonds is 3. The van der Waals surface area contributed by atoms with E-state index in [2.05, 4.69) is 4.98 Å². The lowest BCUT2D eigenvalue weighted by Gasteiger charge is -2.16. The van der Waals surface area contributed by atoms with Crippen molar-refractivity contribution < 1.29 is 14.6 Å². The smallest absolute Gasteiger partial charge is 0.339 e. The quantitative estimate of drug-likeness (QED) is 0.672. The van der Waals surface area contributed by atoms with Crippen molar-refractivity contribution in [1.82, 2.24) is 4.98 Å². The molecule has 1 aliphatic carbocycles. The lowest BCUT2D eigenvalue weighted by atomic mass is 9.97. The van der Waals surface area contributed by atoms with E-state index in [1.807, 2.05) is 13.0 Å². The Hall–Kier alpha value is -1.42. The Morgan fingerprint density at radius 1 is 1.53 bits per heavy atom. The van der Waals surface area contributed by atoms with Crippen LogP contribution in [-0.2, 0) is 11.2 Å². The number of pyridine rings is 1. The molecule has 1 atom stereocenters. The maximum absolute atomic E-state index is 11.9. The van der Waals surface area contributed by atoms with Crippen molar-refractivity contribution in [3.63, 3.8) is 0 Å². The van der Waals surface area contributed by atoms with E-state index in [-0.39, 0.29) is 18.5 Å². The zero-order valence-corrected chi connectivity index (χ0v) is 11.6. The van der Waals surface area contributed by atoms with Crippen molar-refractivity contribution in [2.75, 3.05) is 13.2 Å². The highest BCUT2D eigenvalue weighted by Crippen LogP contribution is 2.30. The van der Waals surface area contributed by atoms with Gasteiger partial charge >= 0.3 is 5.97 Å². The van der Waals surface area contributed by atoms with E-state index in [0.29, 0.717) is 17.9 Å². The van der Waals surface area contributed by atoms with Gasteiger partial charge in [-0.2, -0.15) is 0 Å². The van der Waals surface area contributed by atoms with Crippen molar-refractivity contribution >= 4 is 5.97 Å². The standard InChI is InChI=1S/C15H21NO3/c1-3-19-15(18)13-8-11-6-4-5-7-12(9-17)14(11)16-10(13)2/h8,12,17H,3-7,9H2,1-2H3. The molecule has 2 rings (SSSR count). The highest BCUT2D eigenvalue weighted by molar-refractivity contribution is 5.90. The van der Waals surface area contributed by atoms with Crippen LogP contribution in [0, 0.1) is 6.92 Å². The van der Waals surface area contributed by atoms with E-state index in [9.17, 15) is 9.90 Å². The van der Waals surface area contributed by atoms with Crippen molar-refractivity contribution in [2.24, 2.45) is 0 Å². The third-order valence-electron chi connectivity index (χ3n) is 3.68. The number of aromatic nitrogens is 1. The maximum Gasteiger partial charge on any atom is 0.339 e. The number of aliphatic hydroxyl groups excluding tert-OH is 1. The number of aliphatic hydroxyl groups is 1. The summed E-state index contributed by atoms with van der Waals surface area (Å²) < 4.78 is 5.06. The Kier molecular flexibility index (Phi) is 4.53. The second-order valence-corrected chi connectivity index (χ2v) is 5.01. The summed E-state index contributed by atoms with van der Waals surface area (Å²) in [6, 6.07) is 1.91. The number of nitrogens with zero attached hydrogens (tertiary/aromatic N) is 1. The molecule has 1 N–H and O–H groups in total. The Balaban J connectivity index is 2.41. The largest absolute Gasteiger partial charge is 0.462 e. The molecule has 1 aromatic heterocycles. The molecule has 4 heteroatoms. The van der Waals surface area contributed by atoms with Crippen LogP contribution in [0.5, 0.6) is 0 Å². The zero-order chi connectivity index (χ0) is 13.8. The van der Waals surface area contributed by atoms with Gasteiger partial charge in [-0.05, 0) is 44.7 Å². The van der Waals surface area contributed by atoms with Crippen molar-refractivity contribution in [1.29, 1.82) is 0 Å². The summed E-state index contributed by atoms with van der Waals surface area (Å²) in [6.45, 7) is 4.12. The minimum absolute atomic E-state index is 0.104. The first-order valence-electron chi connectivity index (χ1n) is 6.95. The third-order valence-corrected chi connectivity index (χ3v) is 3.68. The van der Waals surface area contributed by atoms with Gasteiger partial charge < -0.3 is 9.84 Å². The van der Waals surface area contributed by atoms with Crippen LogP contribution in [0.1, 0.15) is 59.4 Å². The highest BCUT2D eigenvalue weighted by atomic mass is 16.5. The molecule has 0 aliphatic heterocycles. The summed E-state index contributed by atoms with van der Waals surface area (Å²) >= 11 is 0. The molecule has 0 saturated carbocycles. The minimum Gasteiger partial charge on any atom is -0.462 e. The number of hydrogen-bond acceptors (Lipinski definition) is 4. The van der Waals surface area contributed by atoms with E-state index in [4.69, 9.17) is 4.74 Å². The molecular weight excluding hydrogens is 242 g/mol. The van der Waals surface area contributed by atoms with Gasteiger partial charge in [0.15, 0.2) is 0 Å². The number of aryl methyl sites for hydroxylation is 2. The van der Waals surface area contributed by atoms with Crippen LogP contribution in [0.3, 0.4) is 0 Å². The van der Waals surface area contributed by atoms with Crippen LogP contribution < -0.4 is 0 Å². The second kappa shape index (κ2) is 6.15. The molecule has 0 amide bonds. The number of hydrogen-bond donors (Lipinski definition) is 1. The molecule has 1 aliphatic rings. The van der Waals surface area contributed by atoms with Crippen molar-refractivity contribution in [2.45, 2.75) is 45.4 Å². The molecule has 0 fully saturated rings. The predicted molar refractivity (Wildman–Crippen MR) is 72.3 cm³/mol. The molecule has 1 heterocycles. The zero-order valence-electron chi connectivity index (χ0n) is 11.6. The summed E-state index contributed by atoms with van der Waals surface area (Å²) in [5.74, 6) is -0.201. The summed E-state index contributed by atoms with van der Waals surface area (Å²) in [6.07, 6.45) is 4.06. The Morgan fingerprint density at radius 2 is 2.32 bits per heavy atom. The fraction of sp³-hybridized carbons (Fsp3) is 0.600. The molecule has 19 heavy (non-hydrogen) atoms. The van der Waals surface area contributed by atoms with E-state index in [0.717, 1.165) is 36.9 Å². The number of ether oxygens (including phenoxy) is 1. The average molecular weight is 263 g/mol. The first-order chi connectivity index (χ1) is 9.17. The third kappa shape index (κ3) is 2.95. The Bertz CT molecular complexity index is 471. The van der Waals surface area contributed by atoms with Gasteiger partial charge in [-0.15, -0.1) is 0 Å². The summed E-state index contributed by atoms with van der Waals surface area (Å²) in [5.41, 5.74) is 3.30. The van der Waals surface area contributed by atoms with Crippen LogP contribution in [0.4, 0.5) is 0 Å². The van der Waals surface area contributed by atoms with Crippen LogP contribution >= 0.6 is 0 Å². The molecule has 1 unspecified atom stereocenters. The van der Waals surface area contributed by atoms with Gasteiger partial charge in [-0.25, -0.2) is 4.79 Å². The fourth-order valence-electron chi connectivity index (χ4n) is 2.66. The second-order valence-electron chi connectivity index (χ2n) is 5.01. The summed E-state index contributed by atoms with van der Waals surface area (Å²) in [5, 5.41) is 9.48. The van der Waals surface area contributed by atoms with Gasteiger partial charge in [0.2, 0.25) is 0 Å². The van der Waals surface area contributed by atoms with E-state index in [1.54, 1.807) is 6.92 Å². The minimum atomic E-state index is -0.305. The lowest BCUT2D eigenvalue weighted by Crippen LogP contribution is -2.13. The molecule has 1 aromatic rings. The van der Waals surface area contributed by atoms with E-state index >= 15 is 0 Å². The van der Waals surface area contributed by atoms with Gasteiger partial charge in [0, 0.05) is 11.6 Å². The molecule has 0 saturated heterocycles. The maximum atomic E-state index is 11.9. The molecule has 104 valence electrons. The Morgan fingerprint density at radius 3 is 3.00 bits per heavy atom. The first kappa shape index (κ1) is 14.0. The van der Waals surface area contributed by atoms with Gasteiger partial charge in [0.05, 0.1) is 24.5 Å². The molecule has 4 nitrogen and oxygen atoms in total. The van der Waals surface area contributed by atoms with Gasteiger partial charge in [-0.3, -0.25) is 4.98 Å². The number of fused-ring (bicyclic) bond motifs is 1. The summed E-state index contributed by atoms with van der Waals surface area (Å²) in [4.78, 5) is 16.4. The topological polar surface area (TPSA) is 59.4 Å². The Labute approximate surface area is 113 Å². The van der Waals surface area contributed by atoms with Gasteiger partial charge in [0.25, 0.3) is 0 Å². The lowest BCUT2D eigenvalue weighted by molar-refractivity contribution is 0.0524. The van der Waals surface area contributed by atoms with E-state index in [1.165, 1.54) is 0 Å². The van der Waals surface area contributed by atoms with Gasteiger partial charge in [0.1, 0.15) is 0 Å².